The van der Waals surface area contributed by atoms with Crippen LogP contribution in [0.3, 0.4) is 0 Å². The van der Waals surface area contributed by atoms with Gasteiger partial charge in [-0.3, -0.25) is 14.9 Å². The molecule has 0 unspecified atom stereocenters. The third kappa shape index (κ3) is 3.93. The molecule has 0 radical (unpaired) electrons. The van der Waals surface area contributed by atoms with Crippen LogP contribution in [0.4, 0.5) is 5.82 Å². The summed E-state index contributed by atoms with van der Waals surface area (Å²) in [5.74, 6) is 1.64. The standard InChI is InChI=1S/C19H26N6O/c1-14-10-21-15(11-20-14)12-24-7-5-17(6-8-24)25(16-3-4-16)18-9-19(26-2)23-13-22-18/h9-11,13,16-17H,3-8,12H2,1-2H3. The van der Waals surface area contributed by atoms with Crippen molar-refractivity contribution in [3.8, 4) is 5.88 Å². The number of methoxy groups -OCH3 is 1. The second kappa shape index (κ2) is 7.53. The molecule has 26 heavy (non-hydrogen) atoms. The van der Waals surface area contributed by atoms with Crippen LogP contribution in [0.2, 0.25) is 0 Å². The highest BCUT2D eigenvalue weighted by molar-refractivity contribution is 5.45. The van der Waals surface area contributed by atoms with E-state index in [4.69, 9.17) is 4.74 Å². The molecule has 0 spiro atoms. The van der Waals surface area contributed by atoms with Crippen LogP contribution in [-0.2, 0) is 6.54 Å². The van der Waals surface area contributed by atoms with Crippen LogP contribution < -0.4 is 9.64 Å². The van der Waals surface area contributed by atoms with Crippen molar-refractivity contribution in [2.45, 2.75) is 51.2 Å². The SMILES string of the molecule is COc1cc(N(C2CC2)C2CCN(Cc3cnc(C)cn3)CC2)ncn1. The number of hydrogen-bond acceptors (Lipinski definition) is 7. The molecule has 4 rings (SSSR count). The number of hydrogen-bond donors (Lipinski definition) is 0. The Morgan fingerprint density at radius 2 is 1.81 bits per heavy atom. The van der Waals surface area contributed by atoms with Crippen molar-refractivity contribution >= 4 is 5.82 Å². The molecule has 3 heterocycles. The summed E-state index contributed by atoms with van der Waals surface area (Å²) in [7, 11) is 1.65. The molecule has 1 saturated heterocycles. The van der Waals surface area contributed by atoms with Crippen molar-refractivity contribution in [2.75, 3.05) is 25.1 Å². The minimum Gasteiger partial charge on any atom is -0.481 e. The Bertz CT molecular complexity index is 725. The Morgan fingerprint density at radius 1 is 1.04 bits per heavy atom. The van der Waals surface area contributed by atoms with Crippen molar-refractivity contribution in [1.29, 1.82) is 0 Å². The predicted molar refractivity (Wildman–Crippen MR) is 99.2 cm³/mol. The van der Waals surface area contributed by atoms with E-state index in [-0.39, 0.29) is 0 Å². The number of ether oxygens (including phenoxy) is 1. The molecule has 0 N–H and O–H groups in total. The van der Waals surface area contributed by atoms with Gasteiger partial charge < -0.3 is 9.64 Å². The summed E-state index contributed by atoms with van der Waals surface area (Å²) in [5, 5.41) is 0. The molecule has 1 saturated carbocycles. The average molecular weight is 354 g/mol. The van der Waals surface area contributed by atoms with Crippen molar-refractivity contribution in [3.05, 3.63) is 36.2 Å². The zero-order valence-corrected chi connectivity index (χ0v) is 15.5. The zero-order valence-electron chi connectivity index (χ0n) is 15.5. The van der Waals surface area contributed by atoms with E-state index < -0.39 is 0 Å². The number of anilines is 1. The molecule has 0 aromatic carbocycles. The highest BCUT2D eigenvalue weighted by Gasteiger charge is 2.36. The van der Waals surface area contributed by atoms with Crippen molar-refractivity contribution < 1.29 is 4.74 Å². The van der Waals surface area contributed by atoms with Gasteiger partial charge in [0.15, 0.2) is 0 Å². The number of nitrogens with zero attached hydrogens (tertiary/aromatic N) is 6. The molecule has 1 aliphatic carbocycles. The van der Waals surface area contributed by atoms with Crippen LogP contribution in [0.1, 0.15) is 37.1 Å². The first-order valence-electron chi connectivity index (χ1n) is 9.37. The Morgan fingerprint density at radius 3 is 2.46 bits per heavy atom. The fourth-order valence-corrected chi connectivity index (χ4v) is 3.69. The van der Waals surface area contributed by atoms with Gasteiger partial charge in [0.2, 0.25) is 5.88 Å². The zero-order chi connectivity index (χ0) is 17.9. The maximum Gasteiger partial charge on any atom is 0.218 e. The maximum atomic E-state index is 5.29. The Balaban J connectivity index is 1.39. The number of aromatic nitrogens is 4. The van der Waals surface area contributed by atoms with E-state index in [0.29, 0.717) is 18.0 Å². The summed E-state index contributed by atoms with van der Waals surface area (Å²) in [5.41, 5.74) is 2.02. The molecule has 2 aromatic rings. The van der Waals surface area contributed by atoms with Gasteiger partial charge in [-0.05, 0) is 32.6 Å². The molecule has 2 fully saturated rings. The van der Waals surface area contributed by atoms with Crippen LogP contribution in [0.15, 0.2) is 24.8 Å². The molecule has 0 atom stereocenters. The van der Waals surface area contributed by atoms with Crippen LogP contribution in [0.5, 0.6) is 5.88 Å². The van der Waals surface area contributed by atoms with Gasteiger partial charge in [-0.15, -0.1) is 0 Å². The Kier molecular flexibility index (Phi) is 4.97. The fraction of sp³-hybridized carbons (Fsp3) is 0.579. The van der Waals surface area contributed by atoms with E-state index in [1.54, 1.807) is 13.4 Å². The van der Waals surface area contributed by atoms with Gasteiger partial charge in [-0.2, -0.15) is 0 Å². The molecule has 0 bridgehead atoms. The van der Waals surface area contributed by atoms with Crippen LogP contribution in [0, 0.1) is 6.92 Å². The lowest BCUT2D eigenvalue weighted by molar-refractivity contribution is 0.198. The molecule has 7 nitrogen and oxygen atoms in total. The number of piperidine rings is 1. The molecule has 0 amide bonds. The van der Waals surface area contributed by atoms with Gasteiger partial charge in [0.05, 0.1) is 18.5 Å². The summed E-state index contributed by atoms with van der Waals surface area (Å²) in [4.78, 5) is 22.5. The van der Waals surface area contributed by atoms with Gasteiger partial charge in [0.1, 0.15) is 12.1 Å². The summed E-state index contributed by atoms with van der Waals surface area (Å²) >= 11 is 0. The van der Waals surface area contributed by atoms with Crippen molar-refractivity contribution in [2.24, 2.45) is 0 Å². The predicted octanol–water partition coefficient (Wildman–Crippen LogP) is 2.22. The Hall–Kier alpha value is -2.28. The van der Waals surface area contributed by atoms with Crippen molar-refractivity contribution in [3.63, 3.8) is 0 Å². The lowest BCUT2D eigenvalue weighted by Gasteiger charge is -2.39. The van der Waals surface area contributed by atoms with Gasteiger partial charge in [0.25, 0.3) is 0 Å². The van der Waals surface area contributed by atoms with E-state index in [2.05, 4.69) is 29.7 Å². The third-order valence-corrected chi connectivity index (χ3v) is 5.21. The maximum absolute atomic E-state index is 5.29. The van der Waals surface area contributed by atoms with Gasteiger partial charge in [-0.1, -0.05) is 0 Å². The third-order valence-electron chi connectivity index (χ3n) is 5.21. The lowest BCUT2D eigenvalue weighted by Crippen LogP contribution is -2.46. The topological polar surface area (TPSA) is 67.3 Å². The molecule has 138 valence electrons. The van der Waals surface area contributed by atoms with E-state index >= 15 is 0 Å². The normalized spacial score (nSPS) is 18.7. The van der Waals surface area contributed by atoms with Crippen LogP contribution in [0.25, 0.3) is 0 Å². The van der Waals surface area contributed by atoms with Crippen LogP contribution in [-0.4, -0.2) is 57.1 Å². The number of likely N-dealkylation sites (tertiary alicyclic amines) is 1. The van der Waals surface area contributed by atoms with E-state index in [1.807, 2.05) is 25.4 Å². The minimum absolute atomic E-state index is 0.530. The molecule has 2 aliphatic rings. The summed E-state index contributed by atoms with van der Waals surface area (Å²) in [6, 6.07) is 3.11. The average Bonchev–Trinajstić information content (AvgIpc) is 3.50. The fourth-order valence-electron chi connectivity index (χ4n) is 3.69. The summed E-state index contributed by atoms with van der Waals surface area (Å²) in [6.45, 7) is 5.00. The second-order valence-corrected chi connectivity index (χ2v) is 7.21. The molecular weight excluding hydrogens is 328 g/mol. The molecule has 2 aromatic heterocycles. The van der Waals surface area contributed by atoms with Gasteiger partial charge >= 0.3 is 0 Å². The summed E-state index contributed by atoms with van der Waals surface area (Å²) in [6.07, 6.45) is 10.1. The second-order valence-electron chi connectivity index (χ2n) is 7.21. The van der Waals surface area contributed by atoms with E-state index in [1.165, 1.54) is 12.8 Å². The summed E-state index contributed by atoms with van der Waals surface area (Å²) < 4.78 is 5.29. The van der Waals surface area contributed by atoms with Crippen molar-refractivity contribution in [1.82, 2.24) is 24.8 Å². The first kappa shape index (κ1) is 17.1. The molecular formula is C19H26N6O. The molecule has 1 aliphatic heterocycles. The largest absolute Gasteiger partial charge is 0.481 e. The minimum atomic E-state index is 0.530. The van der Waals surface area contributed by atoms with E-state index in [0.717, 1.165) is 49.7 Å². The number of aryl methyl sites for hydroxylation is 1. The van der Waals surface area contributed by atoms with Crippen LogP contribution >= 0.6 is 0 Å². The smallest absolute Gasteiger partial charge is 0.218 e. The highest BCUT2D eigenvalue weighted by atomic mass is 16.5. The Labute approximate surface area is 154 Å². The van der Waals surface area contributed by atoms with Gasteiger partial charge in [-0.25, -0.2) is 9.97 Å². The number of rotatable bonds is 6. The quantitative estimate of drug-likeness (QED) is 0.788. The lowest BCUT2D eigenvalue weighted by atomic mass is 10.0. The van der Waals surface area contributed by atoms with Gasteiger partial charge in [0, 0.05) is 50.2 Å². The first-order chi connectivity index (χ1) is 12.7. The van der Waals surface area contributed by atoms with E-state index in [9.17, 15) is 0 Å². The monoisotopic (exact) mass is 354 g/mol. The first-order valence-corrected chi connectivity index (χ1v) is 9.37. The molecule has 7 heteroatoms. The highest BCUT2D eigenvalue weighted by Crippen LogP contribution is 2.36.